The van der Waals surface area contributed by atoms with Crippen molar-refractivity contribution in [3.8, 4) is 0 Å². The summed E-state index contributed by atoms with van der Waals surface area (Å²) < 4.78 is 37.7. The molecular weight excluding hydrogens is 1120 g/mol. The van der Waals surface area contributed by atoms with E-state index in [1.165, 1.54) is 44.3 Å². The fraction of sp³-hybridized carbons (Fsp3) is 0.625. The van der Waals surface area contributed by atoms with E-state index in [2.05, 4.69) is 155 Å². The molecule has 3 fully saturated rings. The molecule has 0 radical (unpaired) electrons. The second kappa shape index (κ2) is 22.5. The molecule has 18 heteroatoms. The molecule has 6 aliphatic heterocycles. The van der Waals surface area contributed by atoms with Gasteiger partial charge < -0.3 is 53.9 Å². The Hall–Kier alpha value is -0.580. The first-order valence-corrected chi connectivity index (χ1v) is 26.3. The fourth-order valence-corrected chi connectivity index (χ4v) is 8.14. The highest BCUT2D eigenvalue weighted by atomic mass is 127. The van der Waals surface area contributed by atoms with Crippen molar-refractivity contribution in [3.63, 3.8) is 0 Å². The minimum Gasteiger partial charge on any atom is -0.423 e. The van der Waals surface area contributed by atoms with Crippen LogP contribution in [0.15, 0.2) is 59.1 Å². The lowest BCUT2D eigenvalue weighted by Gasteiger charge is -2.32. The van der Waals surface area contributed by atoms with E-state index in [1.54, 1.807) is 6.07 Å². The Morgan fingerprint density at radius 1 is 0.530 bits per heavy atom. The first-order valence-electron chi connectivity index (χ1n) is 23.3. The fourth-order valence-electron chi connectivity index (χ4n) is 7.74. The van der Waals surface area contributed by atoms with E-state index in [-0.39, 0.29) is 42.2 Å². The van der Waals surface area contributed by atoms with Crippen LogP contribution in [0, 0.1) is 0 Å². The maximum atomic E-state index is 8.96. The Morgan fingerprint density at radius 3 is 1.26 bits per heavy atom. The molecule has 0 saturated carbocycles. The lowest BCUT2D eigenvalue weighted by Crippen LogP contribution is -2.41. The Bertz CT molecular complexity index is 2030. The lowest BCUT2D eigenvalue weighted by atomic mass is 9.49. The molecule has 0 amide bonds. The summed E-state index contributed by atoms with van der Waals surface area (Å²) in [6, 6.07) is 18.7. The third-order valence-electron chi connectivity index (χ3n) is 13.9. The normalized spacial score (nSPS) is 22.3. The van der Waals surface area contributed by atoms with Gasteiger partial charge in [-0.25, -0.2) is 0 Å². The van der Waals surface area contributed by atoms with Crippen LogP contribution in [-0.2, 0) is 66.8 Å². The van der Waals surface area contributed by atoms with E-state index in [9.17, 15) is 0 Å². The molecule has 3 aromatic carbocycles. The summed E-state index contributed by atoms with van der Waals surface area (Å²) in [6.07, 6.45) is 3.30. The first kappa shape index (κ1) is 56.3. The molecule has 0 spiro atoms. The Kier molecular flexibility index (Phi) is 19.2. The number of halogens is 3. The van der Waals surface area contributed by atoms with Crippen molar-refractivity contribution in [3.05, 3.63) is 92.5 Å². The van der Waals surface area contributed by atoms with Crippen molar-refractivity contribution >= 4 is 100 Å². The Labute approximate surface area is 435 Å². The van der Waals surface area contributed by atoms with Crippen LogP contribution in [0.5, 0.6) is 0 Å². The summed E-state index contributed by atoms with van der Waals surface area (Å²) in [5.41, 5.74) is 7.95. The number of nitrogens with one attached hydrogen (secondary N) is 3. The number of fused-ring (bicyclic) bond motifs is 3. The van der Waals surface area contributed by atoms with E-state index in [0.29, 0.717) is 6.89 Å². The van der Waals surface area contributed by atoms with Crippen LogP contribution in [0.4, 0.5) is 0 Å². The van der Waals surface area contributed by atoms with Crippen LogP contribution in [-0.4, -0.2) is 93.0 Å². The van der Waals surface area contributed by atoms with Crippen LogP contribution >= 0.6 is 61.1 Å². The summed E-state index contributed by atoms with van der Waals surface area (Å²) in [7, 11) is -2.56. The summed E-state index contributed by atoms with van der Waals surface area (Å²) in [5, 5.41) is 27.9. The van der Waals surface area contributed by atoms with E-state index in [1.807, 2.05) is 67.5 Å². The summed E-state index contributed by atoms with van der Waals surface area (Å²) in [4.78, 5) is 0. The molecule has 0 aromatic heterocycles. The number of hydrogen-bond donors (Lipinski definition) is 5. The van der Waals surface area contributed by atoms with Crippen molar-refractivity contribution in [2.45, 2.75) is 171 Å². The molecule has 11 nitrogen and oxygen atoms in total. The maximum absolute atomic E-state index is 8.96. The molecule has 6 aliphatic rings. The molecule has 0 aliphatic carbocycles. The zero-order valence-electron chi connectivity index (χ0n) is 41.8. The van der Waals surface area contributed by atoms with Crippen LogP contribution < -0.4 is 26.9 Å². The second-order valence-electron chi connectivity index (χ2n) is 21.3. The highest BCUT2D eigenvalue weighted by Crippen LogP contribution is 2.43. The average molecular weight is 1200 g/mol. The predicted octanol–water partition coefficient (Wildman–Crippen LogP) is 7.83. The van der Waals surface area contributed by atoms with Gasteiger partial charge in [-0.1, -0.05) is 104 Å². The van der Waals surface area contributed by atoms with Gasteiger partial charge in [-0.15, -0.1) is 0 Å². The van der Waals surface area contributed by atoms with Crippen LogP contribution in [0.1, 0.15) is 132 Å². The largest absolute Gasteiger partial charge is 0.494 e. The van der Waals surface area contributed by atoms with Crippen LogP contribution in [0.2, 0.25) is 0 Å². The maximum Gasteiger partial charge on any atom is 0.494 e. The van der Waals surface area contributed by atoms with Crippen molar-refractivity contribution < 1.29 is 39.4 Å². The molecule has 6 heterocycles. The third-order valence-corrected chi connectivity index (χ3v) is 14.4. The zero-order valence-corrected chi connectivity index (χ0v) is 47.7. The predicted molar refractivity (Wildman–Crippen MR) is 295 cm³/mol. The monoisotopic (exact) mass is 1200 g/mol. The van der Waals surface area contributed by atoms with Gasteiger partial charge in [-0.2, -0.15) is 0 Å². The van der Waals surface area contributed by atoms with E-state index >= 15 is 0 Å². The zero-order chi connectivity index (χ0) is 49.1. The van der Waals surface area contributed by atoms with Crippen LogP contribution in [0.25, 0.3) is 0 Å². The van der Waals surface area contributed by atoms with Crippen molar-refractivity contribution in [1.29, 1.82) is 0 Å². The second-order valence-corrected chi connectivity index (χ2v) is 29.7. The molecule has 5 N–H and O–H groups in total. The first-order chi connectivity index (χ1) is 30.4. The molecule has 66 heavy (non-hydrogen) atoms. The van der Waals surface area contributed by atoms with Gasteiger partial charge in [0.25, 0.3) is 0 Å². The topological polar surface area (TPSA) is 132 Å². The quantitative estimate of drug-likeness (QED) is 0.100. The smallest absolute Gasteiger partial charge is 0.423 e. The lowest BCUT2D eigenvalue weighted by molar-refractivity contribution is 0.00578. The number of hydrogen-bond acceptors (Lipinski definition) is 11. The average Bonchev–Trinajstić information content (AvgIpc) is 3.69. The molecule has 0 bridgehead atoms. The van der Waals surface area contributed by atoms with E-state index in [4.69, 9.17) is 38.0 Å². The molecule has 0 atom stereocenters. The SMILES string of the molecule is Brc1ccc2c(c1)CNCC2.CC(C)(I)I.CC1(C)OB(B2OC(C)(C)C(C)(C)O2)OC1(C)C.CC1(C)OB(c2ccc3c(c2)CNCC3)OC1(C)C.OB(O)c1ccc2c(c1)CNCC2.[2HH]. The van der Waals surface area contributed by atoms with Crippen molar-refractivity contribution in [2.24, 2.45) is 0 Å². The van der Waals surface area contributed by atoms with Gasteiger partial charge in [-0.3, -0.25) is 0 Å². The minimum atomic E-state index is -1.35. The van der Waals surface area contributed by atoms with Gasteiger partial charge in [0.05, 0.1) is 35.0 Å². The molecule has 9 rings (SSSR count). The van der Waals surface area contributed by atoms with Gasteiger partial charge in [0.2, 0.25) is 0 Å². The number of benzene rings is 3. The molecular formula is C48H76B4BrI2N3O8. The molecule has 0 unspecified atom stereocenters. The Balaban J connectivity index is 0.000000191. The highest BCUT2D eigenvalue weighted by molar-refractivity contribution is 14.2. The summed E-state index contributed by atoms with van der Waals surface area (Å²) in [6.45, 7) is 34.9. The van der Waals surface area contributed by atoms with Crippen molar-refractivity contribution in [1.82, 2.24) is 16.0 Å². The minimum absolute atomic E-state index is 0. The standard InChI is InChI=1S/C15H22BNO2.C12H24B2O4.C9H12BNO2.C9H10BrN.C3H6I2.H2/c1-14(2)15(3,4)19-16(18-14)13-6-5-11-7-8-17-10-12(11)9-13;1-9(2)10(3,4)16-13(15-9)14-17-11(5,6)12(7,8)18-14;12-10(13)9-2-1-7-3-4-11-6-8(7)5-9;10-9-2-1-7-3-4-11-6-8(7)5-9;1-3(2,4)5;/h5-6,9,17H,7-8,10H2,1-4H3;1-8H3;1-2,5,11-13H,3-4,6H2;1-2,5,11H,3-4,6H2;1-2H3;1H/i;;;;;1+1. The van der Waals surface area contributed by atoms with E-state index < -0.39 is 21.1 Å². The molecule has 3 aromatic rings. The van der Waals surface area contributed by atoms with Crippen LogP contribution in [0.3, 0.4) is 0 Å². The van der Waals surface area contributed by atoms with Gasteiger partial charge in [0, 0.05) is 25.5 Å². The van der Waals surface area contributed by atoms with E-state index in [0.717, 1.165) is 57.6 Å². The van der Waals surface area contributed by atoms with Gasteiger partial charge in [0.1, 0.15) is 0 Å². The molecule has 364 valence electrons. The summed E-state index contributed by atoms with van der Waals surface area (Å²) >= 11 is 8.19. The number of rotatable bonds is 3. The van der Waals surface area contributed by atoms with Gasteiger partial charge >= 0.3 is 28.3 Å². The Morgan fingerprint density at radius 2 is 0.864 bits per heavy atom. The summed E-state index contributed by atoms with van der Waals surface area (Å²) in [5.74, 6) is 0. The van der Waals surface area contributed by atoms with Crippen molar-refractivity contribution in [2.75, 3.05) is 19.6 Å². The molecule has 3 saturated heterocycles. The highest BCUT2D eigenvalue weighted by Gasteiger charge is 2.63. The third kappa shape index (κ3) is 15.0. The number of alkyl halides is 2. The van der Waals surface area contributed by atoms with Gasteiger partial charge in [-0.05, 0) is 192 Å². The van der Waals surface area contributed by atoms with Gasteiger partial charge in [0.15, 0.2) is 0 Å².